The van der Waals surface area contributed by atoms with Gasteiger partial charge in [-0.25, -0.2) is 4.79 Å². The van der Waals surface area contributed by atoms with E-state index < -0.39 is 0 Å². The summed E-state index contributed by atoms with van der Waals surface area (Å²) < 4.78 is 7.37. The van der Waals surface area contributed by atoms with Gasteiger partial charge in [0.05, 0.1) is 7.11 Å². The highest BCUT2D eigenvalue weighted by molar-refractivity contribution is 5.89. The Hall–Kier alpha value is -2.57. The second-order valence-corrected chi connectivity index (χ2v) is 7.64. The van der Waals surface area contributed by atoms with E-state index in [1.165, 1.54) is 12.8 Å². The third kappa shape index (κ3) is 4.59. The Morgan fingerprint density at radius 2 is 1.89 bits per heavy atom. The number of nitrogens with zero attached hydrogens (tertiary/aromatic N) is 4. The van der Waals surface area contributed by atoms with E-state index in [1.807, 2.05) is 35.5 Å². The number of benzene rings is 1. The summed E-state index contributed by atoms with van der Waals surface area (Å²) >= 11 is 0. The average Bonchev–Trinajstić information content (AvgIpc) is 3.41. The van der Waals surface area contributed by atoms with Crippen LogP contribution in [0.15, 0.2) is 30.6 Å². The van der Waals surface area contributed by atoms with Gasteiger partial charge in [0.25, 0.3) is 0 Å². The second-order valence-electron chi connectivity index (χ2n) is 7.64. The molecule has 2 aromatic rings. The van der Waals surface area contributed by atoms with Crippen LogP contribution in [0, 0.1) is 11.8 Å². The van der Waals surface area contributed by atoms with E-state index >= 15 is 0 Å². The Bertz CT molecular complexity index is 761. The van der Waals surface area contributed by atoms with Crippen molar-refractivity contribution in [1.29, 1.82) is 0 Å². The molecular weight excluding hydrogens is 342 g/mol. The highest BCUT2D eigenvalue weighted by Crippen LogP contribution is 2.31. The van der Waals surface area contributed by atoms with E-state index in [0.29, 0.717) is 5.92 Å². The molecule has 0 radical (unpaired) electrons. The Labute approximate surface area is 159 Å². The van der Waals surface area contributed by atoms with Gasteiger partial charge >= 0.3 is 6.03 Å². The number of nitrogens with one attached hydrogen (secondary N) is 1. The minimum Gasteiger partial charge on any atom is -0.497 e. The molecule has 1 aliphatic carbocycles. The summed E-state index contributed by atoms with van der Waals surface area (Å²) in [6.45, 7) is 2.62. The fraction of sp³-hybridized carbons (Fsp3) is 0.550. The van der Waals surface area contributed by atoms with Gasteiger partial charge < -0.3 is 19.5 Å². The van der Waals surface area contributed by atoms with Crippen LogP contribution >= 0.6 is 0 Å². The summed E-state index contributed by atoms with van der Waals surface area (Å²) in [5.74, 6) is 3.27. The molecule has 2 heterocycles. The van der Waals surface area contributed by atoms with Crippen molar-refractivity contribution in [2.45, 2.75) is 38.6 Å². The van der Waals surface area contributed by atoms with Gasteiger partial charge in [0, 0.05) is 31.7 Å². The van der Waals surface area contributed by atoms with Gasteiger partial charge in [-0.2, -0.15) is 0 Å². The number of piperidine rings is 1. The molecule has 0 bridgehead atoms. The van der Waals surface area contributed by atoms with Crippen LogP contribution in [0.1, 0.15) is 31.5 Å². The van der Waals surface area contributed by atoms with Crippen molar-refractivity contribution in [2.24, 2.45) is 11.8 Å². The Morgan fingerprint density at radius 1 is 1.15 bits per heavy atom. The Balaban J connectivity index is 1.25. The predicted molar refractivity (Wildman–Crippen MR) is 103 cm³/mol. The molecule has 1 saturated heterocycles. The van der Waals surface area contributed by atoms with Crippen LogP contribution < -0.4 is 10.1 Å². The van der Waals surface area contributed by atoms with Crippen LogP contribution in [0.4, 0.5) is 10.5 Å². The first kappa shape index (κ1) is 17.8. The number of likely N-dealkylation sites (tertiary alicyclic amines) is 1. The molecule has 0 unspecified atom stereocenters. The number of rotatable bonds is 6. The zero-order valence-electron chi connectivity index (χ0n) is 15.8. The number of aromatic nitrogens is 3. The molecule has 0 spiro atoms. The fourth-order valence-electron chi connectivity index (χ4n) is 3.64. The summed E-state index contributed by atoms with van der Waals surface area (Å²) in [4.78, 5) is 14.4. The van der Waals surface area contributed by atoms with Gasteiger partial charge in [-0.15, -0.1) is 10.2 Å². The first-order valence-corrected chi connectivity index (χ1v) is 9.78. The summed E-state index contributed by atoms with van der Waals surface area (Å²) in [7, 11) is 1.63. The lowest BCUT2D eigenvalue weighted by atomic mass is 9.93. The molecule has 1 aromatic carbocycles. The lowest BCUT2D eigenvalue weighted by molar-refractivity contribution is 0.181. The maximum atomic E-state index is 12.5. The molecule has 7 heteroatoms. The molecule has 1 saturated carbocycles. The van der Waals surface area contributed by atoms with Gasteiger partial charge in [-0.3, -0.25) is 0 Å². The highest BCUT2D eigenvalue weighted by atomic mass is 16.5. The van der Waals surface area contributed by atoms with Crippen LogP contribution in [0.3, 0.4) is 0 Å². The lowest BCUT2D eigenvalue weighted by Crippen LogP contribution is -2.41. The van der Waals surface area contributed by atoms with Gasteiger partial charge in [0.2, 0.25) is 0 Å². The Morgan fingerprint density at radius 3 is 2.56 bits per heavy atom. The molecule has 2 amide bonds. The molecule has 2 fully saturated rings. The molecule has 1 aromatic heterocycles. The molecule has 7 nitrogen and oxygen atoms in total. The lowest BCUT2D eigenvalue weighted by Gasteiger charge is -2.32. The molecule has 144 valence electrons. The average molecular weight is 369 g/mol. The molecule has 1 N–H and O–H groups in total. The normalized spacial score (nSPS) is 17.7. The van der Waals surface area contributed by atoms with Crippen LogP contribution in [-0.2, 0) is 13.0 Å². The van der Waals surface area contributed by atoms with Gasteiger partial charge in [-0.05, 0) is 61.8 Å². The number of hydrogen-bond acceptors (Lipinski definition) is 4. The summed E-state index contributed by atoms with van der Waals surface area (Å²) in [5.41, 5.74) is 0.788. The third-order valence-corrected chi connectivity index (χ3v) is 5.56. The standard InChI is InChI=1S/C20H27N5O2/c1-27-18-6-4-17(5-7-18)22-20(26)24-10-8-15(9-11-24)12-19-23-21-14-25(19)13-16-2-3-16/h4-7,14-16H,2-3,8-13H2,1H3,(H,22,26). The first-order valence-electron chi connectivity index (χ1n) is 9.78. The van der Waals surface area contributed by atoms with Crippen molar-refractivity contribution < 1.29 is 9.53 Å². The fourth-order valence-corrected chi connectivity index (χ4v) is 3.64. The monoisotopic (exact) mass is 369 g/mol. The molecule has 4 rings (SSSR count). The number of carbonyl (C=O) groups is 1. The zero-order valence-corrected chi connectivity index (χ0v) is 15.8. The number of carbonyl (C=O) groups excluding carboxylic acids is 1. The van der Waals surface area contributed by atoms with Gasteiger partial charge in [0.15, 0.2) is 0 Å². The van der Waals surface area contributed by atoms with Crippen LogP contribution in [-0.4, -0.2) is 45.9 Å². The largest absolute Gasteiger partial charge is 0.497 e. The summed E-state index contributed by atoms with van der Waals surface area (Å²) in [6.07, 6.45) is 7.50. The predicted octanol–water partition coefficient (Wildman–Crippen LogP) is 3.18. The van der Waals surface area contributed by atoms with Gasteiger partial charge in [0.1, 0.15) is 17.9 Å². The third-order valence-electron chi connectivity index (χ3n) is 5.56. The molecular formula is C20H27N5O2. The van der Waals surface area contributed by atoms with Crippen LogP contribution in [0.5, 0.6) is 5.75 Å². The SMILES string of the molecule is COc1ccc(NC(=O)N2CCC(Cc3nncn3CC3CC3)CC2)cc1. The topological polar surface area (TPSA) is 72.3 Å². The van der Waals surface area contributed by atoms with E-state index in [9.17, 15) is 4.79 Å². The van der Waals surface area contributed by atoms with Crippen molar-refractivity contribution in [2.75, 3.05) is 25.5 Å². The van der Waals surface area contributed by atoms with E-state index in [1.54, 1.807) is 7.11 Å². The molecule has 1 aliphatic heterocycles. The molecule has 27 heavy (non-hydrogen) atoms. The number of ether oxygens (including phenoxy) is 1. The molecule has 2 aliphatic rings. The summed E-state index contributed by atoms with van der Waals surface area (Å²) in [6, 6.07) is 7.38. The number of methoxy groups -OCH3 is 1. The van der Waals surface area contributed by atoms with E-state index in [0.717, 1.165) is 62.1 Å². The smallest absolute Gasteiger partial charge is 0.321 e. The highest BCUT2D eigenvalue weighted by Gasteiger charge is 2.26. The summed E-state index contributed by atoms with van der Waals surface area (Å²) in [5, 5.41) is 11.4. The van der Waals surface area contributed by atoms with E-state index in [4.69, 9.17) is 4.74 Å². The number of hydrogen-bond donors (Lipinski definition) is 1. The minimum atomic E-state index is -0.0319. The second kappa shape index (κ2) is 7.98. The maximum absolute atomic E-state index is 12.5. The number of anilines is 1. The van der Waals surface area contributed by atoms with Crippen LogP contribution in [0.2, 0.25) is 0 Å². The number of urea groups is 1. The number of amides is 2. The van der Waals surface area contributed by atoms with E-state index in [-0.39, 0.29) is 6.03 Å². The Kier molecular flexibility index (Phi) is 5.27. The van der Waals surface area contributed by atoms with Crippen molar-refractivity contribution in [1.82, 2.24) is 19.7 Å². The van der Waals surface area contributed by atoms with Crippen molar-refractivity contribution in [3.05, 3.63) is 36.4 Å². The first-order chi connectivity index (χ1) is 13.2. The van der Waals surface area contributed by atoms with E-state index in [2.05, 4.69) is 20.1 Å². The quantitative estimate of drug-likeness (QED) is 0.849. The van der Waals surface area contributed by atoms with Crippen molar-refractivity contribution >= 4 is 11.7 Å². The van der Waals surface area contributed by atoms with Crippen molar-refractivity contribution in [3.63, 3.8) is 0 Å². The van der Waals surface area contributed by atoms with Crippen LogP contribution in [0.25, 0.3) is 0 Å². The maximum Gasteiger partial charge on any atom is 0.321 e. The van der Waals surface area contributed by atoms with Gasteiger partial charge in [-0.1, -0.05) is 0 Å². The molecule has 0 atom stereocenters. The minimum absolute atomic E-state index is 0.0319. The van der Waals surface area contributed by atoms with Crippen molar-refractivity contribution in [3.8, 4) is 5.75 Å². The zero-order chi connectivity index (χ0) is 18.6.